The first-order valence-corrected chi connectivity index (χ1v) is 12.9. The molecule has 0 saturated carbocycles. The van der Waals surface area contributed by atoms with Gasteiger partial charge in [0.05, 0.1) is 16.8 Å². The molecular weight excluding hydrogens is 460 g/mol. The summed E-state index contributed by atoms with van der Waals surface area (Å²) in [5.41, 5.74) is 1.94. The van der Waals surface area contributed by atoms with Crippen molar-refractivity contribution in [1.82, 2.24) is 19.3 Å². The minimum Gasteiger partial charge on any atom is -0.343 e. The largest absolute Gasteiger partial charge is 0.343 e. The smallest absolute Gasteiger partial charge is 0.223 e. The van der Waals surface area contributed by atoms with Crippen molar-refractivity contribution in [2.24, 2.45) is 0 Å². The van der Waals surface area contributed by atoms with E-state index in [0.29, 0.717) is 24.0 Å². The third-order valence-electron chi connectivity index (χ3n) is 6.33. The fraction of sp³-hybridized carbons (Fsp3) is 0.292. The van der Waals surface area contributed by atoms with E-state index in [1.165, 1.54) is 0 Å². The molecule has 0 spiro atoms. The monoisotopic (exact) mass is 482 g/mol. The summed E-state index contributed by atoms with van der Waals surface area (Å²) in [6.45, 7) is 1.22. The Balaban J connectivity index is 1.20. The molecule has 7 nitrogen and oxygen atoms in total. The van der Waals surface area contributed by atoms with Gasteiger partial charge in [0, 0.05) is 54.7 Å². The van der Waals surface area contributed by atoms with Crippen LogP contribution in [0.15, 0.2) is 66.1 Å². The molecule has 2 aromatic carbocycles. The first-order valence-electron chi connectivity index (χ1n) is 10.9. The van der Waals surface area contributed by atoms with Crippen LogP contribution in [0.3, 0.4) is 0 Å². The number of carbonyl (C=O) groups is 1. The average Bonchev–Trinajstić information content (AvgIpc) is 3.26. The van der Waals surface area contributed by atoms with E-state index in [1.807, 2.05) is 16.8 Å². The Bertz CT molecular complexity index is 1440. The number of halogens is 1. The van der Waals surface area contributed by atoms with Crippen LogP contribution in [0, 0.1) is 0 Å². The molecule has 1 aliphatic rings. The van der Waals surface area contributed by atoms with Crippen LogP contribution in [0.4, 0.5) is 0 Å². The molecule has 0 bridgehead atoms. The molecule has 4 aromatic rings. The van der Waals surface area contributed by atoms with Crippen LogP contribution in [0.2, 0.25) is 5.02 Å². The normalized spacial score (nSPS) is 15.4. The second kappa shape index (κ2) is 8.76. The fourth-order valence-electron chi connectivity index (χ4n) is 4.47. The molecule has 0 unspecified atom stereocenters. The summed E-state index contributed by atoms with van der Waals surface area (Å²) in [5.74, 6) is -0.0151. The van der Waals surface area contributed by atoms with Crippen molar-refractivity contribution in [3.05, 3.63) is 71.9 Å². The van der Waals surface area contributed by atoms with E-state index in [4.69, 9.17) is 11.6 Å². The summed E-state index contributed by atoms with van der Waals surface area (Å²) in [6.07, 6.45) is 8.87. The average molecular weight is 483 g/mol. The molecule has 1 aliphatic heterocycles. The molecule has 3 heterocycles. The number of fused-ring (bicyclic) bond motifs is 2. The number of piperidine rings is 1. The maximum Gasteiger partial charge on any atom is 0.223 e. The lowest BCUT2D eigenvalue weighted by atomic mass is 9.93. The van der Waals surface area contributed by atoms with Crippen molar-refractivity contribution in [1.29, 1.82) is 0 Å². The van der Waals surface area contributed by atoms with Crippen LogP contribution in [-0.2, 0) is 14.6 Å². The number of sulfone groups is 1. The lowest BCUT2D eigenvalue weighted by Gasteiger charge is -2.32. The van der Waals surface area contributed by atoms with E-state index in [0.717, 1.165) is 35.0 Å². The number of likely N-dealkylation sites (tertiary alicyclic amines) is 1. The van der Waals surface area contributed by atoms with E-state index >= 15 is 0 Å². The third-order valence-corrected chi connectivity index (χ3v) is 8.28. The number of benzene rings is 2. The standard InChI is InChI=1S/C24H23ClN4O3S/c25-20-3-1-19-14-21(4-2-18(19)13-20)33(31,32)12-7-24(30)28-9-5-17(6-10-28)22-15-27-23-16-26-8-11-29(22)23/h1-4,8,11,13-17H,5-7,9-10,12H2. The van der Waals surface area contributed by atoms with Crippen molar-refractivity contribution in [3.8, 4) is 0 Å². The van der Waals surface area contributed by atoms with Crippen molar-refractivity contribution in [2.45, 2.75) is 30.1 Å². The van der Waals surface area contributed by atoms with Crippen LogP contribution in [0.1, 0.15) is 30.9 Å². The molecule has 2 aromatic heterocycles. The maximum absolute atomic E-state index is 12.9. The van der Waals surface area contributed by atoms with Crippen LogP contribution in [0.25, 0.3) is 16.4 Å². The molecule has 1 saturated heterocycles. The van der Waals surface area contributed by atoms with Gasteiger partial charge >= 0.3 is 0 Å². The lowest BCUT2D eigenvalue weighted by molar-refractivity contribution is -0.131. The third kappa shape index (κ3) is 4.45. The van der Waals surface area contributed by atoms with E-state index in [1.54, 1.807) is 53.7 Å². The number of rotatable bonds is 5. The fourth-order valence-corrected chi connectivity index (χ4v) is 5.92. The highest BCUT2D eigenvalue weighted by Crippen LogP contribution is 2.29. The van der Waals surface area contributed by atoms with Gasteiger partial charge < -0.3 is 9.30 Å². The lowest BCUT2D eigenvalue weighted by Crippen LogP contribution is -2.38. The van der Waals surface area contributed by atoms with Crippen LogP contribution in [0.5, 0.6) is 0 Å². The quantitative estimate of drug-likeness (QED) is 0.427. The second-order valence-corrected chi connectivity index (χ2v) is 10.9. The molecule has 0 N–H and O–H groups in total. The molecule has 5 rings (SSSR count). The Morgan fingerprint density at radius 3 is 2.64 bits per heavy atom. The Morgan fingerprint density at radius 2 is 1.82 bits per heavy atom. The SMILES string of the molecule is O=C(CCS(=O)(=O)c1ccc2cc(Cl)ccc2c1)N1CCC(c2cnc3cnccn23)CC1. The highest BCUT2D eigenvalue weighted by molar-refractivity contribution is 7.91. The molecule has 170 valence electrons. The van der Waals surface area contributed by atoms with Crippen LogP contribution in [-0.4, -0.2) is 52.4 Å². The maximum atomic E-state index is 12.9. The number of hydrogen-bond acceptors (Lipinski definition) is 5. The molecule has 0 radical (unpaired) electrons. The van der Waals surface area contributed by atoms with Crippen LogP contribution < -0.4 is 0 Å². The zero-order chi connectivity index (χ0) is 23.0. The van der Waals surface area contributed by atoms with Gasteiger partial charge in [0.1, 0.15) is 0 Å². The molecule has 1 amide bonds. The van der Waals surface area contributed by atoms with Gasteiger partial charge in [-0.25, -0.2) is 13.4 Å². The number of imidazole rings is 1. The number of aromatic nitrogens is 3. The predicted octanol–water partition coefficient (Wildman–Crippen LogP) is 4.11. The van der Waals surface area contributed by atoms with Gasteiger partial charge in [0.2, 0.25) is 5.91 Å². The van der Waals surface area contributed by atoms with Crippen molar-refractivity contribution >= 4 is 43.8 Å². The number of hydrogen-bond donors (Lipinski definition) is 0. The molecular formula is C24H23ClN4O3S. The minimum atomic E-state index is -3.56. The topological polar surface area (TPSA) is 84.6 Å². The van der Waals surface area contributed by atoms with Gasteiger partial charge in [-0.3, -0.25) is 9.78 Å². The molecule has 33 heavy (non-hydrogen) atoms. The summed E-state index contributed by atoms with van der Waals surface area (Å²) in [5, 5.41) is 2.28. The van der Waals surface area contributed by atoms with E-state index < -0.39 is 9.84 Å². The zero-order valence-corrected chi connectivity index (χ0v) is 19.5. The molecule has 0 aliphatic carbocycles. The Hall–Kier alpha value is -2.97. The molecule has 0 atom stereocenters. The summed E-state index contributed by atoms with van der Waals surface area (Å²) in [7, 11) is -3.56. The van der Waals surface area contributed by atoms with E-state index in [2.05, 4.69) is 9.97 Å². The summed E-state index contributed by atoms with van der Waals surface area (Å²) >= 11 is 6.00. The molecule has 1 fully saturated rings. The van der Waals surface area contributed by atoms with Gasteiger partial charge in [0.25, 0.3) is 0 Å². The highest BCUT2D eigenvalue weighted by atomic mass is 35.5. The van der Waals surface area contributed by atoms with Gasteiger partial charge in [-0.1, -0.05) is 23.7 Å². The predicted molar refractivity (Wildman–Crippen MR) is 127 cm³/mol. The Labute approximate surface area is 196 Å². The summed E-state index contributed by atoms with van der Waals surface area (Å²) in [6, 6.07) is 10.3. The summed E-state index contributed by atoms with van der Waals surface area (Å²) < 4.78 is 27.7. The number of carbonyl (C=O) groups excluding carboxylic acids is 1. The van der Waals surface area contributed by atoms with E-state index in [9.17, 15) is 13.2 Å². The first kappa shape index (κ1) is 21.9. The van der Waals surface area contributed by atoms with Crippen LogP contribution >= 0.6 is 11.6 Å². The van der Waals surface area contributed by atoms with Gasteiger partial charge in [-0.15, -0.1) is 0 Å². The van der Waals surface area contributed by atoms with Gasteiger partial charge in [-0.05, 0) is 47.9 Å². The summed E-state index contributed by atoms with van der Waals surface area (Å²) in [4.78, 5) is 23.3. The van der Waals surface area contributed by atoms with Gasteiger partial charge in [-0.2, -0.15) is 0 Å². The molecule has 9 heteroatoms. The van der Waals surface area contributed by atoms with Crippen molar-refractivity contribution < 1.29 is 13.2 Å². The number of nitrogens with zero attached hydrogens (tertiary/aromatic N) is 4. The minimum absolute atomic E-state index is 0.0209. The van der Waals surface area contributed by atoms with Crippen molar-refractivity contribution in [2.75, 3.05) is 18.8 Å². The highest BCUT2D eigenvalue weighted by Gasteiger charge is 2.27. The second-order valence-electron chi connectivity index (χ2n) is 8.36. The number of amides is 1. The van der Waals surface area contributed by atoms with Crippen molar-refractivity contribution in [3.63, 3.8) is 0 Å². The van der Waals surface area contributed by atoms with Gasteiger partial charge in [0.15, 0.2) is 15.5 Å². The Morgan fingerprint density at radius 1 is 1.06 bits per heavy atom. The first-order chi connectivity index (χ1) is 15.9. The van der Waals surface area contributed by atoms with E-state index in [-0.39, 0.29) is 23.0 Å². The Kier molecular flexibility index (Phi) is 5.80. The zero-order valence-electron chi connectivity index (χ0n) is 17.9.